The largest absolute Gasteiger partial charge is 0.373 e. The molecular weight excluding hydrogens is 226 g/mol. The van der Waals surface area contributed by atoms with Crippen molar-refractivity contribution in [2.45, 2.75) is 25.7 Å². The van der Waals surface area contributed by atoms with E-state index in [2.05, 4.69) is 31.1 Å². The second-order valence-electron chi connectivity index (χ2n) is 5.35. The van der Waals surface area contributed by atoms with Crippen molar-refractivity contribution in [3.05, 3.63) is 23.8 Å². The van der Waals surface area contributed by atoms with E-state index in [9.17, 15) is 4.79 Å². The Balaban J connectivity index is 2.28. The van der Waals surface area contributed by atoms with Crippen molar-refractivity contribution < 1.29 is 4.79 Å². The molecule has 0 atom stereocenters. The third kappa shape index (κ3) is 2.17. The van der Waals surface area contributed by atoms with Crippen LogP contribution in [0.3, 0.4) is 0 Å². The van der Waals surface area contributed by atoms with E-state index in [0.29, 0.717) is 0 Å². The zero-order valence-corrected chi connectivity index (χ0v) is 10.9. The molecule has 18 heavy (non-hydrogen) atoms. The minimum Gasteiger partial charge on any atom is -0.373 e. The molecule has 0 saturated carbocycles. The number of rotatable bonds is 2. The van der Waals surface area contributed by atoms with E-state index in [1.165, 1.54) is 11.3 Å². The predicted octanol–water partition coefficient (Wildman–Crippen LogP) is 2.27. The lowest BCUT2D eigenvalue weighted by Gasteiger charge is -2.18. The van der Waals surface area contributed by atoms with Crippen LogP contribution in [0.4, 0.5) is 11.4 Å². The van der Waals surface area contributed by atoms with E-state index in [0.717, 1.165) is 12.2 Å². The summed E-state index contributed by atoms with van der Waals surface area (Å²) >= 11 is 0. The highest BCUT2D eigenvalue weighted by atomic mass is 16.1. The molecule has 0 aromatic heterocycles. The van der Waals surface area contributed by atoms with Gasteiger partial charge in [-0.2, -0.15) is 5.26 Å². The number of anilines is 2. The average Bonchev–Trinajstić information content (AvgIpc) is 2.50. The number of nitriles is 1. The first kappa shape index (κ1) is 12.4. The van der Waals surface area contributed by atoms with Gasteiger partial charge in [-0.25, -0.2) is 0 Å². The van der Waals surface area contributed by atoms with Crippen molar-refractivity contribution >= 4 is 17.3 Å². The zero-order valence-electron chi connectivity index (χ0n) is 10.9. The molecule has 0 saturated heterocycles. The Labute approximate surface area is 107 Å². The molecule has 1 heterocycles. The number of hydrogen-bond donors (Lipinski definition) is 1. The smallest absolute Gasteiger partial charge is 0.238 e. The van der Waals surface area contributed by atoms with Crippen molar-refractivity contribution in [1.29, 1.82) is 5.26 Å². The minimum absolute atomic E-state index is 0.0834. The third-order valence-electron chi connectivity index (χ3n) is 3.29. The van der Waals surface area contributed by atoms with E-state index >= 15 is 0 Å². The molecule has 1 aromatic carbocycles. The Morgan fingerprint density at radius 1 is 1.56 bits per heavy atom. The maximum atomic E-state index is 11.4. The number of carbonyl (C=O) groups is 1. The van der Waals surface area contributed by atoms with Crippen LogP contribution >= 0.6 is 0 Å². The molecule has 0 bridgehead atoms. The Morgan fingerprint density at radius 2 is 2.28 bits per heavy atom. The van der Waals surface area contributed by atoms with Crippen LogP contribution in [-0.2, 0) is 10.2 Å². The van der Waals surface area contributed by atoms with Crippen LogP contribution < -0.4 is 10.2 Å². The van der Waals surface area contributed by atoms with Gasteiger partial charge in [0.25, 0.3) is 0 Å². The van der Waals surface area contributed by atoms with Crippen molar-refractivity contribution in [2.75, 3.05) is 23.8 Å². The second-order valence-corrected chi connectivity index (χ2v) is 5.35. The molecule has 4 nitrogen and oxygen atoms in total. The normalized spacial score (nSPS) is 16.0. The van der Waals surface area contributed by atoms with Gasteiger partial charge in [-0.3, -0.25) is 4.79 Å². The SMILES string of the molecule is CN1CC(C)(C)c2cc(NC(=O)CC#N)ccc21. The van der Waals surface area contributed by atoms with Gasteiger partial charge in [0.2, 0.25) is 5.91 Å². The summed E-state index contributed by atoms with van der Waals surface area (Å²) in [5.41, 5.74) is 3.29. The summed E-state index contributed by atoms with van der Waals surface area (Å²) in [5.74, 6) is -0.262. The van der Waals surface area contributed by atoms with Gasteiger partial charge in [0.15, 0.2) is 0 Å². The molecule has 0 fully saturated rings. The Kier molecular flexibility index (Phi) is 3.00. The molecule has 1 N–H and O–H groups in total. The molecule has 4 heteroatoms. The minimum atomic E-state index is -0.262. The van der Waals surface area contributed by atoms with Crippen molar-refractivity contribution in [3.8, 4) is 6.07 Å². The van der Waals surface area contributed by atoms with Gasteiger partial charge >= 0.3 is 0 Å². The van der Waals surface area contributed by atoms with Crippen LogP contribution in [0.5, 0.6) is 0 Å². The van der Waals surface area contributed by atoms with Crippen molar-refractivity contribution in [3.63, 3.8) is 0 Å². The van der Waals surface area contributed by atoms with Gasteiger partial charge in [0.05, 0.1) is 6.07 Å². The van der Waals surface area contributed by atoms with Crippen LogP contribution in [0.15, 0.2) is 18.2 Å². The van der Waals surface area contributed by atoms with Gasteiger partial charge in [-0.05, 0) is 23.8 Å². The summed E-state index contributed by atoms with van der Waals surface area (Å²) in [7, 11) is 2.07. The molecule has 1 aliphatic rings. The molecular formula is C14H17N3O. The number of fused-ring (bicyclic) bond motifs is 1. The van der Waals surface area contributed by atoms with Gasteiger partial charge in [0, 0.05) is 30.4 Å². The first-order valence-electron chi connectivity index (χ1n) is 5.96. The fourth-order valence-electron chi connectivity index (χ4n) is 2.53. The first-order chi connectivity index (χ1) is 8.44. The molecule has 94 valence electrons. The Bertz CT molecular complexity index is 528. The Morgan fingerprint density at radius 3 is 2.94 bits per heavy atom. The van der Waals surface area contributed by atoms with Gasteiger partial charge in [-0.1, -0.05) is 13.8 Å². The zero-order chi connectivity index (χ0) is 13.3. The lowest BCUT2D eigenvalue weighted by Crippen LogP contribution is -2.25. The van der Waals surface area contributed by atoms with Crippen LogP contribution in [0.1, 0.15) is 25.8 Å². The lowest BCUT2D eigenvalue weighted by molar-refractivity contribution is -0.115. The molecule has 0 aliphatic carbocycles. The number of nitrogens with one attached hydrogen (secondary N) is 1. The summed E-state index contributed by atoms with van der Waals surface area (Å²) < 4.78 is 0. The topological polar surface area (TPSA) is 56.1 Å². The van der Waals surface area contributed by atoms with Gasteiger partial charge in [-0.15, -0.1) is 0 Å². The number of amides is 1. The van der Waals surface area contributed by atoms with E-state index in [1.54, 1.807) is 0 Å². The Hall–Kier alpha value is -2.02. The number of nitrogens with zero attached hydrogens (tertiary/aromatic N) is 2. The van der Waals surface area contributed by atoms with Crippen molar-refractivity contribution in [1.82, 2.24) is 0 Å². The second kappa shape index (κ2) is 4.34. The summed E-state index contributed by atoms with van der Waals surface area (Å²) in [5, 5.41) is 11.2. The maximum absolute atomic E-state index is 11.4. The standard InChI is InChI=1S/C14H17N3O/c1-14(2)9-17(3)12-5-4-10(8-11(12)14)16-13(18)6-7-15/h4-5,8H,6,9H2,1-3H3,(H,16,18). The molecule has 2 rings (SSSR count). The van der Waals surface area contributed by atoms with Crippen LogP contribution in [-0.4, -0.2) is 19.5 Å². The number of likely N-dealkylation sites (N-methyl/N-ethyl adjacent to an activating group) is 1. The third-order valence-corrected chi connectivity index (χ3v) is 3.29. The number of hydrogen-bond acceptors (Lipinski definition) is 3. The van der Waals surface area contributed by atoms with Crippen LogP contribution in [0.25, 0.3) is 0 Å². The fourth-order valence-corrected chi connectivity index (χ4v) is 2.53. The van der Waals surface area contributed by atoms with Gasteiger partial charge < -0.3 is 10.2 Å². The quantitative estimate of drug-likeness (QED) is 0.866. The van der Waals surface area contributed by atoms with E-state index < -0.39 is 0 Å². The van der Waals surface area contributed by atoms with E-state index in [4.69, 9.17) is 5.26 Å². The molecule has 1 aliphatic heterocycles. The summed E-state index contributed by atoms with van der Waals surface area (Å²) in [6.07, 6.45) is -0.111. The average molecular weight is 243 g/mol. The van der Waals surface area contributed by atoms with Crippen LogP contribution in [0, 0.1) is 11.3 Å². The lowest BCUT2D eigenvalue weighted by atomic mass is 9.87. The maximum Gasteiger partial charge on any atom is 0.238 e. The highest BCUT2D eigenvalue weighted by Gasteiger charge is 2.33. The number of carbonyl (C=O) groups excluding carboxylic acids is 1. The van der Waals surface area contributed by atoms with Gasteiger partial charge in [0.1, 0.15) is 6.42 Å². The molecule has 1 aromatic rings. The van der Waals surface area contributed by atoms with Crippen LogP contribution in [0.2, 0.25) is 0 Å². The molecule has 0 unspecified atom stereocenters. The highest BCUT2D eigenvalue weighted by Crippen LogP contribution is 2.40. The summed E-state index contributed by atoms with van der Waals surface area (Å²) in [6, 6.07) is 7.75. The van der Waals surface area contributed by atoms with E-state index in [1.807, 2.05) is 24.3 Å². The summed E-state index contributed by atoms with van der Waals surface area (Å²) in [6.45, 7) is 5.35. The fraction of sp³-hybridized carbons (Fsp3) is 0.429. The number of benzene rings is 1. The molecule has 1 amide bonds. The van der Waals surface area contributed by atoms with Crippen molar-refractivity contribution in [2.24, 2.45) is 0 Å². The monoisotopic (exact) mass is 243 g/mol. The predicted molar refractivity (Wildman–Crippen MR) is 71.6 cm³/mol. The molecule has 0 radical (unpaired) electrons. The van der Waals surface area contributed by atoms with E-state index in [-0.39, 0.29) is 17.7 Å². The molecule has 0 spiro atoms. The first-order valence-corrected chi connectivity index (χ1v) is 5.96. The highest BCUT2D eigenvalue weighted by molar-refractivity contribution is 5.92. The summed E-state index contributed by atoms with van der Waals surface area (Å²) in [4.78, 5) is 13.6.